The van der Waals surface area contributed by atoms with Crippen molar-refractivity contribution >= 4 is 27.2 Å². The summed E-state index contributed by atoms with van der Waals surface area (Å²) in [7, 11) is 0. The first kappa shape index (κ1) is 11.0. The molecule has 0 saturated carbocycles. The molecular formula is C13H17N3S. The normalized spacial score (nSPS) is 21.0. The van der Waals surface area contributed by atoms with Crippen LogP contribution < -0.4 is 10.6 Å². The third kappa shape index (κ3) is 1.91. The van der Waals surface area contributed by atoms with Crippen LogP contribution in [0.5, 0.6) is 0 Å². The Morgan fingerprint density at radius 2 is 2.35 bits per heavy atom. The van der Waals surface area contributed by atoms with Gasteiger partial charge in [0.25, 0.3) is 0 Å². The summed E-state index contributed by atoms with van der Waals surface area (Å²) in [6.07, 6.45) is 5.64. The lowest BCUT2D eigenvalue weighted by molar-refractivity contribution is 0.463. The lowest BCUT2D eigenvalue weighted by Crippen LogP contribution is -2.44. The first-order chi connectivity index (χ1) is 8.40. The van der Waals surface area contributed by atoms with Gasteiger partial charge in [-0.2, -0.15) is 0 Å². The number of hydrogen-bond acceptors (Lipinski definition) is 4. The highest BCUT2D eigenvalue weighted by atomic mass is 32.1. The van der Waals surface area contributed by atoms with E-state index in [4.69, 9.17) is 5.73 Å². The summed E-state index contributed by atoms with van der Waals surface area (Å²) in [4.78, 5) is 6.98. The smallest absolute Gasteiger partial charge is 0.137 e. The van der Waals surface area contributed by atoms with E-state index >= 15 is 0 Å². The highest BCUT2D eigenvalue weighted by Crippen LogP contribution is 2.31. The molecule has 1 aliphatic rings. The van der Waals surface area contributed by atoms with Gasteiger partial charge in [-0.25, -0.2) is 4.98 Å². The van der Waals surface area contributed by atoms with Crippen molar-refractivity contribution < 1.29 is 0 Å². The van der Waals surface area contributed by atoms with Gasteiger partial charge < -0.3 is 10.6 Å². The van der Waals surface area contributed by atoms with Crippen molar-refractivity contribution in [3.8, 4) is 0 Å². The maximum absolute atomic E-state index is 5.88. The topological polar surface area (TPSA) is 42.1 Å². The lowest BCUT2D eigenvalue weighted by Gasteiger charge is -2.36. The summed E-state index contributed by atoms with van der Waals surface area (Å²) in [6, 6.07) is 4.72. The molecule has 2 aromatic rings. The zero-order valence-corrected chi connectivity index (χ0v) is 10.6. The van der Waals surface area contributed by atoms with E-state index in [2.05, 4.69) is 27.4 Å². The molecule has 1 aliphatic heterocycles. The van der Waals surface area contributed by atoms with E-state index in [-0.39, 0.29) is 0 Å². The summed E-state index contributed by atoms with van der Waals surface area (Å²) < 4.78 is 1.32. The Morgan fingerprint density at radius 1 is 1.41 bits per heavy atom. The molecule has 0 aliphatic carbocycles. The van der Waals surface area contributed by atoms with E-state index in [1.807, 2.05) is 6.20 Å². The second-order valence-electron chi connectivity index (χ2n) is 4.55. The van der Waals surface area contributed by atoms with E-state index in [1.54, 1.807) is 11.3 Å². The van der Waals surface area contributed by atoms with E-state index in [0.717, 1.165) is 18.9 Å². The summed E-state index contributed by atoms with van der Waals surface area (Å²) >= 11 is 1.78. The molecule has 3 heterocycles. The molecule has 2 aromatic heterocycles. The number of piperidine rings is 1. The van der Waals surface area contributed by atoms with Gasteiger partial charge in [-0.1, -0.05) is 0 Å². The number of aromatic nitrogens is 1. The number of nitrogens with zero attached hydrogens (tertiary/aromatic N) is 2. The molecule has 0 aromatic carbocycles. The summed E-state index contributed by atoms with van der Waals surface area (Å²) in [5, 5.41) is 3.41. The first-order valence-electron chi connectivity index (χ1n) is 6.19. The lowest BCUT2D eigenvalue weighted by atomic mass is 10.0. The third-order valence-corrected chi connectivity index (χ3v) is 4.41. The molecule has 1 atom stereocenters. The zero-order valence-electron chi connectivity index (χ0n) is 9.80. The highest BCUT2D eigenvalue weighted by molar-refractivity contribution is 7.17. The van der Waals surface area contributed by atoms with Crippen LogP contribution in [0.3, 0.4) is 0 Å². The van der Waals surface area contributed by atoms with Gasteiger partial charge in [0.1, 0.15) is 5.82 Å². The number of nitrogens with two attached hydrogens (primary N) is 1. The predicted molar refractivity (Wildman–Crippen MR) is 73.7 cm³/mol. The Kier molecular flexibility index (Phi) is 2.99. The standard InChI is InChI=1S/C13H17N3S/c14-9-10-3-1-2-7-16(10)13-11-5-8-17-12(11)4-6-15-13/h4-6,8,10H,1-3,7,9,14H2. The Bertz CT molecular complexity index is 508. The molecule has 3 nitrogen and oxygen atoms in total. The average Bonchev–Trinajstić information content (AvgIpc) is 2.86. The number of anilines is 1. The Balaban J connectivity index is 2.04. The molecule has 0 spiro atoms. The third-order valence-electron chi connectivity index (χ3n) is 3.53. The fourth-order valence-electron chi connectivity index (χ4n) is 2.63. The molecule has 0 bridgehead atoms. The maximum atomic E-state index is 5.88. The van der Waals surface area contributed by atoms with Crippen LogP contribution in [0, 0.1) is 0 Å². The Morgan fingerprint density at radius 3 is 3.24 bits per heavy atom. The SMILES string of the molecule is NCC1CCCCN1c1nccc2sccc12. The predicted octanol–water partition coefficient (Wildman–Crippen LogP) is 2.61. The quantitative estimate of drug-likeness (QED) is 0.887. The van der Waals surface area contributed by atoms with Gasteiger partial charge in [0, 0.05) is 35.4 Å². The molecule has 1 fully saturated rings. The molecule has 90 valence electrons. The molecule has 3 rings (SSSR count). The van der Waals surface area contributed by atoms with Crippen molar-refractivity contribution in [3.63, 3.8) is 0 Å². The number of fused-ring (bicyclic) bond motifs is 1. The van der Waals surface area contributed by atoms with E-state index in [1.165, 1.54) is 29.3 Å². The highest BCUT2D eigenvalue weighted by Gasteiger charge is 2.23. The van der Waals surface area contributed by atoms with Gasteiger partial charge in [-0.3, -0.25) is 0 Å². The van der Waals surface area contributed by atoms with Crippen LogP contribution in [-0.2, 0) is 0 Å². The first-order valence-corrected chi connectivity index (χ1v) is 7.07. The van der Waals surface area contributed by atoms with Crippen molar-refractivity contribution in [1.82, 2.24) is 4.98 Å². The Hall–Kier alpha value is -1.13. The number of thiophene rings is 1. The van der Waals surface area contributed by atoms with Crippen molar-refractivity contribution in [3.05, 3.63) is 23.7 Å². The summed E-state index contributed by atoms with van der Waals surface area (Å²) in [5.74, 6) is 1.12. The monoisotopic (exact) mass is 247 g/mol. The largest absolute Gasteiger partial charge is 0.352 e. The zero-order chi connectivity index (χ0) is 11.7. The van der Waals surface area contributed by atoms with E-state index in [9.17, 15) is 0 Å². The molecule has 2 N–H and O–H groups in total. The summed E-state index contributed by atoms with van der Waals surface area (Å²) in [6.45, 7) is 1.81. The molecule has 1 unspecified atom stereocenters. The second kappa shape index (κ2) is 4.63. The van der Waals surface area contributed by atoms with Gasteiger partial charge >= 0.3 is 0 Å². The van der Waals surface area contributed by atoms with E-state index < -0.39 is 0 Å². The van der Waals surface area contributed by atoms with Gasteiger partial charge in [-0.15, -0.1) is 11.3 Å². The summed E-state index contributed by atoms with van der Waals surface area (Å²) in [5.41, 5.74) is 5.88. The van der Waals surface area contributed by atoms with Crippen LogP contribution in [0.15, 0.2) is 23.7 Å². The minimum Gasteiger partial charge on any atom is -0.352 e. The minimum atomic E-state index is 0.460. The maximum Gasteiger partial charge on any atom is 0.137 e. The molecule has 0 radical (unpaired) electrons. The molecule has 1 saturated heterocycles. The van der Waals surface area contributed by atoms with Crippen LogP contribution in [0.2, 0.25) is 0 Å². The Labute approximate surface area is 105 Å². The van der Waals surface area contributed by atoms with Crippen molar-refractivity contribution in [1.29, 1.82) is 0 Å². The second-order valence-corrected chi connectivity index (χ2v) is 5.49. The molecule has 0 amide bonds. The van der Waals surface area contributed by atoms with Gasteiger partial charge in [0.15, 0.2) is 0 Å². The van der Waals surface area contributed by atoms with Gasteiger partial charge in [0.05, 0.1) is 0 Å². The number of rotatable bonds is 2. The van der Waals surface area contributed by atoms with Gasteiger partial charge in [-0.05, 0) is 36.8 Å². The average molecular weight is 247 g/mol. The minimum absolute atomic E-state index is 0.460. The van der Waals surface area contributed by atoms with Crippen molar-refractivity contribution in [2.45, 2.75) is 25.3 Å². The van der Waals surface area contributed by atoms with Crippen molar-refractivity contribution in [2.75, 3.05) is 18.0 Å². The van der Waals surface area contributed by atoms with Crippen LogP contribution in [0.4, 0.5) is 5.82 Å². The van der Waals surface area contributed by atoms with Crippen molar-refractivity contribution in [2.24, 2.45) is 5.73 Å². The van der Waals surface area contributed by atoms with Crippen LogP contribution in [-0.4, -0.2) is 24.1 Å². The molecular weight excluding hydrogens is 230 g/mol. The number of hydrogen-bond donors (Lipinski definition) is 1. The molecule has 4 heteroatoms. The number of pyridine rings is 1. The molecule has 17 heavy (non-hydrogen) atoms. The van der Waals surface area contributed by atoms with E-state index in [0.29, 0.717) is 6.04 Å². The van der Waals surface area contributed by atoms with Crippen LogP contribution >= 0.6 is 11.3 Å². The van der Waals surface area contributed by atoms with Crippen LogP contribution in [0.25, 0.3) is 10.1 Å². The fraction of sp³-hybridized carbons (Fsp3) is 0.462. The van der Waals surface area contributed by atoms with Crippen LogP contribution in [0.1, 0.15) is 19.3 Å². The fourth-order valence-corrected chi connectivity index (χ4v) is 3.41. The van der Waals surface area contributed by atoms with Gasteiger partial charge in [0.2, 0.25) is 0 Å².